The number of aliphatic hydroxyl groups is 2. The van der Waals surface area contributed by atoms with Gasteiger partial charge in [-0.15, -0.1) is 0 Å². The summed E-state index contributed by atoms with van der Waals surface area (Å²) in [6, 6.07) is 0. The maximum atomic E-state index is 10.7. The first-order valence-corrected chi connectivity index (χ1v) is 4.00. The second-order valence-electron chi connectivity index (χ2n) is 2.93. The number of carbonyl (C=O) groups excluding carboxylic acids is 1. The number of ether oxygens (including phenoxy) is 1. The predicted octanol–water partition coefficient (Wildman–Crippen LogP) is -1.29. The molecule has 0 amide bonds. The van der Waals surface area contributed by atoms with Gasteiger partial charge in [0.05, 0.1) is 19.3 Å². The second kappa shape index (κ2) is 4.25. The zero-order valence-corrected chi connectivity index (χ0v) is 7.38. The average Bonchev–Trinajstić information content (AvgIpc) is 2.42. The molecule has 2 unspecified atom stereocenters. The summed E-state index contributed by atoms with van der Waals surface area (Å²) < 4.78 is 4.39. The Bertz CT molecular complexity index is 206. The number of hydrogen-bond donors (Lipinski definition) is 2. The second-order valence-corrected chi connectivity index (χ2v) is 2.93. The van der Waals surface area contributed by atoms with E-state index in [0.29, 0.717) is 13.1 Å². The third-order valence-corrected chi connectivity index (χ3v) is 1.91. The van der Waals surface area contributed by atoms with Crippen molar-refractivity contribution in [2.75, 3.05) is 20.2 Å². The molecule has 5 heteroatoms. The third kappa shape index (κ3) is 2.71. The molecule has 1 aliphatic heterocycles. The molecule has 0 bridgehead atoms. The molecule has 0 saturated carbocycles. The molecule has 0 aliphatic carbocycles. The first-order valence-electron chi connectivity index (χ1n) is 4.00. The number of hydrogen-bond acceptors (Lipinski definition) is 5. The van der Waals surface area contributed by atoms with E-state index in [1.54, 1.807) is 4.90 Å². The minimum absolute atomic E-state index is 0.342. The summed E-state index contributed by atoms with van der Waals surface area (Å²) in [6.07, 6.45) is 1.29. The van der Waals surface area contributed by atoms with Gasteiger partial charge in [0.15, 0.2) is 0 Å². The number of likely N-dealkylation sites (tertiary alicyclic amines) is 1. The Hall–Kier alpha value is -1.07. The Kier molecular flexibility index (Phi) is 3.27. The van der Waals surface area contributed by atoms with Crippen molar-refractivity contribution < 1.29 is 19.7 Å². The van der Waals surface area contributed by atoms with Gasteiger partial charge in [-0.25, -0.2) is 4.79 Å². The van der Waals surface area contributed by atoms with E-state index in [1.807, 2.05) is 0 Å². The molecular weight excluding hydrogens is 174 g/mol. The standard InChI is InChI=1S/C8H13NO4/c1-13-8(12)2-3-9-4-6(10)7(11)5-9/h2-3,6-7,10-11H,4-5H2,1H3/b3-2+. The van der Waals surface area contributed by atoms with Gasteiger partial charge < -0.3 is 19.8 Å². The summed E-state index contributed by atoms with van der Waals surface area (Å²) in [5, 5.41) is 18.3. The fraction of sp³-hybridized carbons (Fsp3) is 0.625. The van der Waals surface area contributed by atoms with Crippen LogP contribution in [0.2, 0.25) is 0 Å². The van der Waals surface area contributed by atoms with Crippen LogP contribution in [0.1, 0.15) is 0 Å². The van der Waals surface area contributed by atoms with Crippen molar-refractivity contribution >= 4 is 5.97 Å². The van der Waals surface area contributed by atoms with Gasteiger partial charge in [0.25, 0.3) is 0 Å². The fourth-order valence-corrected chi connectivity index (χ4v) is 1.15. The van der Waals surface area contributed by atoms with E-state index in [4.69, 9.17) is 10.2 Å². The lowest BCUT2D eigenvalue weighted by molar-refractivity contribution is -0.134. The molecule has 74 valence electrons. The van der Waals surface area contributed by atoms with Gasteiger partial charge in [-0.3, -0.25) is 0 Å². The molecule has 1 heterocycles. The molecule has 13 heavy (non-hydrogen) atoms. The summed E-state index contributed by atoms with van der Waals surface area (Å²) in [5.74, 6) is -0.448. The van der Waals surface area contributed by atoms with Gasteiger partial charge in [0.1, 0.15) is 0 Å². The van der Waals surface area contributed by atoms with E-state index in [1.165, 1.54) is 19.4 Å². The minimum Gasteiger partial charge on any atom is -0.466 e. The number of carbonyl (C=O) groups is 1. The third-order valence-electron chi connectivity index (χ3n) is 1.91. The van der Waals surface area contributed by atoms with Crippen LogP contribution < -0.4 is 0 Å². The molecule has 0 aromatic heterocycles. The van der Waals surface area contributed by atoms with Crippen molar-refractivity contribution in [3.63, 3.8) is 0 Å². The van der Waals surface area contributed by atoms with E-state index in [0.717, 1.165) is 0 Å². The zero-order chi connectivity index (χ0) is 9.84. The number of rotatable bonds is 2. The summed E-state index contributed by atoms with van der Waals surface area (Å²) >= 11 is 0. The van der Waals surface area contributed by atoms with Crippen molar-refractivity contribution in [1.82, 2.24) is 4.90 Å². The van der Waals surface area contributed by atoms with Gasteiger partial charge in [-0.2, -0.15) is 0 Å². The van der Waals surface area contributed by atoms with Gasteiger partial charge in [-0.05, 0) is 0 Å². The Balaban J connectivity index is 2.39. The van der Waals surface area contributed by atoms with E-state index in [-0.39, 0.29) is 0 Å². The summed E-state index contributed by atoms with van der Waals surface area (Å²) in [6.45, 7) is 0.684. The van der Waals surface area contributed by atoms with Gasteiger partial charge in [-0.1, -0.05) is 0 Å². The lowest BCUT2D eigenvalue weighted by Gasteiger charge is -2.09. The molecule has 1 fully saturated rings. The topological polar surface area (TPSA) is 70.0 Å². The van der Waals surface area contributed by atoms with Crippen molar-refractivity contribution in [2.45, 2.75) is 12.2 Å². The van der Waals surface area contributed by atoms with E-state index in [9.17, 15) is 4.79 Å². The maximum absolute atomic E-state index is 10.7. The van der Waals surface area contributed by atoms with Crippen LogP contribution in [-0.4, -0.2) is 53.5 Å². The lowest BCUT2D eigenvalue weighted by atomic mass is 10.3. The normalized spacial score (nSPS) is 28.4. The highest BCUT2D eigenvalue weighted by molar-refractivity contribution is 5.81. The van der Waals surface area contributed by atoms with Crippen molar-refractivity contribution in [1.29, 1.82) is 0 Å². The van der Waals surface area contributed by atoms with Crippen LogP contribution in [0.15, 0.2) is 12.3 Å². The number of methoxy groups -OCH3 is 1. The van der Waals surface area contributed by atoms with Crippen LogP contribution in [0.4, 0.5) is 0 Å². The van der Waals surface area contributed by atoms with E-state index < -0.39 is 18.2 Å². The van der Waals surface area contributed by atoms with E-state index in [2.05, 4.69) is 4.74 Å². The summed E-state index contributed by atoms with van der Waals surface area (Å²) in [5.41, 5.74) is 0. The fourth-order valence-electron chi connectivity index (χ4n) is 1.15. The SMILES string of the molecule is COC(=O)/C=C/N1CC(O)C(O)C1. The Morgan fingerprint density at radius 3 is 2.46 bits per heavy atom. The van der Waals surface area contributed by atoms with Crippen molar-refractivity contribution in [3.05, 3.63) is 12.3 Å². The van der Waals surface area contributed by atoms with Crippen LogP contribution in [-0.2, 0) is 9.53 Å². The largest absolute Gasteiger partial charge is 0.466 e. The number of esters is 1. The minimum atomic E-state index is -0.734. The maximum Gasteiger partial charge on any atom is 0.331 e. The Morgan fingerprint density at radius 2 is 2.00 bits per heavy atom. The molecule has 2 atom stereocenters. The monoisotopic (exact) mass is 187 g/mol. The lowest BCUT2D eigenvalue weighted by Crippen LogP contribution is -2.22. The number of nitrogens with zero attached hydrogens (tertiary/aromatic N) is 1. The van der Waals surface area contributed by atoms with Gasteiger partial charge in [0.2, 0.25) is 0 Å². The number of β-amino-alcohol motifs (C(OH)–C–C–N with tert-alkyl or cyclic N) is 2. The van der Waals surface area contributed by atoms with Crippen LogP contribution in [0.25, 0.3) is 0 Å². The molecule has 1 aliphatic rings. The summed E-state index contributed by atoms with van der Waals surface area (Å²) in [7, 11) is 1.29. The van der Waals surface area contributed by atoms with Crippen LogP contribution in [0, 0.1) is 0 Å². The highest BCUT2D eigenvalue weighted by Crippen LogP contribution is 2.09. The molecule has 1 rings (SSSR count). The quantitative estimate of drug-likeness (QED) is 0.416. The van der Waals surface area contributed by atoms with Crippen molar-refractivity contribution in [2.24, 2.45) is 0 Å². The predicted molar refractivity (Wildman–Crippen MR) is 44.7 cm³/mol. The Morgan fingerprint density at radius 1 is 1.46 bits per heavy atom. The van der Waals surface area contributed by atoms with Crippen LogP contribution >= 0.6 is 0 Å². The van der Waals surface area contributed by atoms with E-state index >= 15 is 0 Å². The smallest absolute Gasteiger partial charge is 0.331 e. The zero-order valence-electron chi connectivity index (χ0n) is 7.38. The number of aliphatic hydroxyl groups excluding tert-OH is 2. The van der Waals surface area contributed by atoms with Crippen LogP contribution in [0.3, 0.4) is 0 Å². The molecule has 0 aromatic rings. The molecule has 0 aromatic carbocycles. The van der Waals surface area contributed by atoms with Gasteiger partial charge >= 0.3 is 5.97 Å². The molecule has 0 radical (unpaired) electrons. The molecule has 5 nitrogen and oxygen atoms in total. The average molecular weight is 187 g/mol. The molecule has 2 N–H and O–H groups in total. The Labute approximate surface area is 76.2 Å². The summed E-state index contributed by atoms with van der Waals surface area (Å²) in [4.78, 5) is 12.3. The highest BCUT2D eigenvalue weighted by Gasteiger charge is 2.27. The first-order chi connectivity index (χ1) is 6.13. The molecule has 0 spiro atoms. The van der Waals surface area contributed by atoms with Gasteiger partial charge in [0, 0.05) is 25.4 Å². The highest BCUT2D eigenvalue weighted by atomic mass is 16.5. The molecule has 1 saturated heterocycles. The van der Waals surface area contributed by atoms with Crippen molar-refractivity contribution in [3.8, 4) is 0 Å². The molecular formula is C8H13NO4. The van der Waals surface area contributed by atoms with Crippen LogP contribution in [0.5, 0.6) is 0 Å². The first kappa shape index (κ1) is 10.0.